The van der Waals surface area contributed by atoms with Crippen LogP contribution in [0, 0.1) is 0 Å². The Morgan fingerprint density at radius 1 is 0.429 bits per heavy atom. The molecule has 146 valence electrons. The van der Waals surface area contributed by atoms with Crippen molar-refractivity contribution >= 4 is 0 Å². The molecule has 0 heterocycles. The lowest BCUT2D eigenvalue weighted by molar-refractivity contribution is 0.345. The molecule has 1 aliphatic carbocycles. The van der Waals surface area contributed by atoms with E-state index in [2.05, 4.69) is 0 Å². The van der Waals surface area contributed by atoms with Crippen molar-refractivity contribution in [2.45, 2.75) is 37.5 Å². The molecule has 0 spiro atoms. The molecule has 1 fully saturated rings. The molecule has 4 N–H and O–H groups in total. The summed E-state index contributed by atoms with van der Waals surface area (Å²) in [7, 11) is 0. The Hall–Kier alpha value is -3.14. The third-order valence-corrected chi connectivity index (χ3v) is 5.40. The fourth-order valence-corrected chi connectivity index (χ4v) is 3.91. The zero-order chi connectivity index (χ0) is 20.0. The lowest BCUT2D eigenvalue weighted by Gasteiger charge is -2.38. The second kappa shape index (κ2) is 8.70. The molecule has 0 radical (unpaired) electrons. The van der Waals surface area contributed by atoms with E-state index in [0.29, 0.717) is 11.5 Å². The highest BCUT2D eigenvalue weighted by Crippen LogP contribution is 2.45. The van der Waals surface area contributed by atoms with Crippen molar-refractivity contribution in [1.82, 2.24) is 0 Å². The van der Waals surface area contributed by atoms with E-state index in [0.717, 1.165) is 12.8 Å². The number of hydrogen-bond donors (Lipinski definition) is 4. The Bertz CT molecular complexity index is 793. The summed E-state index contributed by atoms with van der Waals surface area (Å²) in [4.78, 5) is 0. The van der Waals surface area contributed by atoms with Crippen LogP contribution in [-0.4, -0.2) is 20.4 Å². The largest absolute Gasteiger partial charge is 0.508 e. The van der Waals surface area contributed by atoms with Crippen LogP contribution in [-0.2, 0) is 5.41 Å². The number of benzene rings is 3. The highest BCUT2D eigenvalue weighted by Gasteiger charge is 2.35. The van der Waals surface area contributed by atoms with Crippen molar-refractivity contribution in [3.05, 3.63) is 83.9 Å². The Labute approximate surface area is 165 Å². The molecular formula is C24H26O4. The summed E-state index contributed by atoms with van der Waals surface area (Å²) in [6.07, 6.45) is 5.99. The smallest absolute Gasteiger partial charge is 0.115 e. The van der Waals surface area contributed by atoms with Crippen LogP contribution in [0.3, 0.4) is 0 Å². The maximum Gasteiger partial charge on any atom is 0.115 e. The summed E-state index contributed by atoms with van der Waals surface area (Å²) in [5.74, 6) is 0.960. The van der Waals surface area contributed by atoms with Gasteiger partial charge in [0.25, 0.3) is 0 Å². The molecule has 0 amide bonds. The average molecular weight is 378 g/mol. The third kappa shape index (κ3) is 4.58. The Kier molecular flexibility index (Phi) is 6.09. The molecule has 0 aromatic heterocycles. The maximum atomic E-state index is 9.51. The van der Waals surface area contributed by atoms with E-state index >= 15 is 0 Å². The van der Waals surface area contributed by atoms with Gasteiger partial charge in [0, 0.05) is 5.41 Å². The molecule has 0 atom stereocenters. The van der Waals surface area contributed by atoms with Gasteiger partial charge in [-0.2, -0.15) is 0 Å². The first-order chi connectivity index (χ1) is 13.5. The molecule has 3 aromatic rings. The average Bonchev–Trinajstić information content (AvgIpc) is 2.72. The summed E-state index contributed by atoms with van der Waals surface area (Å²) in [6.45, 7) is 0. The summed E-state index contributed by atoms with van der Waals surface area (Å²) in [5, 5.41) is 36.3. The van der Waals surface area contributed by atoms with Gasteiger partial charge in [0.1, 0.15) is 23.0 Å². The van der Waals surface area contributed by atoms with Crippen molar-refractivity contribution in [3.63, 3.8) is 0 Å². The van der Waals surface area contributed by atoms with Gasteiger partial charge in [-0.1, -0.05) is 43.5 Å². The van der Waals surface area contributed by atoms with Crippen LogP contribution in [0.5, 0.6) is 23.0 Å². The van der Waals surface area contributed by atoms with Gasteiger partial charge in [-0.3, -0.25) is 0 Å². The molecule has 0 saturated heterocycles. The van der Waals surface area contributed by atoms with Crippen LogP contribution in [0.1, 0.15) is 43.2 Å². The summed E-state index contributed by atoms with van der Waals surface area (Å²) < 4.78 is 0. The minimum atomic E-state index is 0.0274. The van der Waals surface area contributed by atoms with Gasteiger partial charge in [0.2, 0.25) is 0 Å². The molecular weight excluding hydrogens is 352 g/mol. The van der Waals surface area contributed by atoms with Gasteiger partial charge >= 0.3 is 0 Å². The molecule has 0 bridgehead atoms. The fourth-order valence-electron chi connectivity index (χ4n) is 3.91. The van der Waals surface area contributed by atoms with Crippen LogP contribution in [0.25, 0.3) is 0 Å². The highest BCUT2D eigenvalue weighted by atomic mass is 16.3. The van der Waals surface area contributed by atoms with Gasteiger partial charge in [-0.15, -0.1) is 0 Å². The molecule has 3 aromatic carbocycles. The van der Waals surface area contributed by atoms with Crippen LogP contribution < -0.4 is 0 Å². The minimum Gasteiger partial charge on any atom is -0.508 e. The van der Waals surface area contributed by atoms with E-state index < -0.39 is 0 Å². The van der Waals surface area contributed by atoms with Gasteiger partial charge < -0.3 is 20.4 Å². The van der Waals surface area contributed by atoms with E-state index in [1.165, 1.54) is 54.7 Å². The lowest BCUT2D eigenvalue weighted by atomic mass is 9.65. The number of rotatable bonds is 2. The van der Waals surface area contributed by atoms with Crippen LogP contribution in [0.15, 0.2) is 72.8 Å². The predicted octanol–water partition coefficient (Wildman–Crippen LogP) is 5.45. The lowest BCUT2D eigenvalue weighted by Crippen LogP contribution is -2.30. The van der Waals surface area contributed by atoms with Crippen molar-refractivity contribution in [2.24, 2.45) is 0 Å². The van der Waals surface area contributed by atoms with Gasteiger partial charge in [-0.25, -0.2) is 0 Å². The summed E-state index contributed by atoms with van der Waals surface area (Å²) in [6, 6.07) is 20.9. The van der Waals surface area contributed by atoms with Gasteiger partial charge in [0.15, 0.2) is 0 Å². The quantitative estimate of drug-likeness (QED) is 0.447. The molecule has 1 saturated carbocycles. The number of phenols is 4. The highest BCUT2D eigenvalue weighted by molar-refractivity contribution is 5.43. The molecule has 1 aliphatic rings. The van der Waals surface area contributed by atoms with E-state index in [1.807, 2.05) is 24.3 Å². The Balaban J connectivity index is 0.000000236. The SMILES string of the molecule is Oc1ccc(C2(c3ccc(O)cc3)CCCCC2)cc1.Oc1ccc(O)cc1. The van der Waals surface area contributed by atoms with E-state index in [1.54, 1.807) is 24.3 Å². The molecule has 4 rings (SSSR count). The third-order valence-electron chi connectivity index (χ3n) is 5.40. The fraction of sp³-hybridized carbons (Fsp3) is 0.250. The second-order valence-corrected chi connectivity index (χ2v) is 7.25. The predicted molar refractivity (Wildman–Crippen MR) is 110 cm³/mol. The van der Waals surface area contributed by atoms with Crippen molar-refractivity contribution in [3.8, 4) is 23.0 Å². The minimum absolute atomic E-state index is 0.0274. The number of hydrogen-bond acceptors (Lipinski definition) is 4. The molecule has 0 aliphatic heterocycles. The van der Waals surface area contributed by atoms with Gasteiger partial charge in [-0.05, 0) is 72.5 Å². The monoisotopic (exact) mass is 378 g/mol. The van der Waals surface area contributed by atoms with Gasteiger partial charge in [0.05, 0.1) is 0 Å². The zero-order valence-electron chi connectivity index (χ0n) is 15.8. The van der Waals surface area contributed by atoms with Crippen molar-refractivity contribution < 1.29 is 20.4 Å². The molecule has 28 heavy (non-hydrogen) atoms. The summed E-state index contributed by atoms with van der Waals surface area (Å²) in [5.41, 5.74) is 2.56. The van der Waals surface area contributed by atoms with E-state index in [-0.39, 0.29) is 16.9 Å². The molecule has 4 nitrogen and oxygen atoms in total. The van der Waals surface area contributed by atoms with Crippen LogP contribution >= 0.6 is 0 Å². The Morgan fingerprint density at radius 2 is 0.714 bits per heavy atom. The van der Waals surface area contributed by atoms with Crippen molar-refractivity contribution in [1.29, 1.82) is 0 Å². The Morgan fingerprint density at radius 3 is 1.04 bits per heavy atom. The first-order valence-electron chi connectivity index (χ1n) is 9.57. The molecule has 4 heteroatoms. The van der Waals surface area contributed by atoms with E-state index in [9.17, 15) is 10.2 Å². The standard InChI is InChI=1S/C18H20O2.C6H6O2/c19-16-8-4-14(5-9-16)18(12-2-1-3-13-18)15-6-10-17(20)11-7-15;7-5-1-2-6(8)4-3-5/h4-11,19-20H,1-3,12-13H2;1-4,7-8H. The molecule has 0 unspecified atom stereocenters. The summed E-state index contributed by atoms with van der Waals surface area (Å²) >= 11 is 0. The number of aromatic hydroxyl groups is 4. The van der Waals surface area contributed by atoms with Crippen molar-refractivity contribution in [2.75, 3.05) is 0 Å². The second-order valence-electron chi connectivity index (χ2n) is 7.25. The van der Waals surface area contributed by atoms with Crippen LogP contribution in [0.2, 0.25) is 0 Å². The van der Waals surface area contributed by atoms with Crippen LogP contribution in [0.4, 0.5) is 0 Å². The topological polar surface area (TPSA) is 80.9 Å². The normalized spacial score (nSPS) is 15.3. The first kappa shape index (κ1) is 19.6. The number of phenolic OH excluding ortho intramolecular Hbond substituents is 4. The zero-order valence-corrected chi connectivity index (χ0v) is 15.8. The maximum absolute atomic E-state index is 9.51. The first-order valence-corrected chi connectivity index (χ1v) is 9.57. The van der Waals surface area contributed by atoms with E-state index in [4.69, 9.17) is 10.2 Å².